The Hall–Kier alpha value is -3.03. The first-order valence-electron chi connectivity index (χ1n) is 9.33. The van der Waals surface area contributed by atoms with Gasteiger partial charge in [-0.05, 0) is 31.4 Å². The normalized spacial score (nSPS) is 19.7. The van der Waals surface area contributed by atoms with Gasteiger partial charge in [0.2, 0.25) is 5.91 Å². The molecular weight excluding hydrogens is 344 g/mol. The van der Waals surface area contributed by atoms with E-state index in [0.717, 1.165) is 12.1 Å². The van der Waals surface area contributed by atoms with Crippen molar-refractivity contribution in [3.63, 3.8) is 0 Å². The zero-order valence-electron chi connectivity index (χ0n) is 14.9. The van der Waals surface area contributed by atoms with Crippen LogP contribution in [0.15, 0.2) is 41.6 Å². The van der Waals surface area contributed by atoms with Gasteiger partial charge in [-0.25, -0.2) is 9.67 Å². The molecule has 1 unspecified atom stereocenters. The lowest BCUT2D eigenvalue weighted by Crippen LogP contribution is -2.35. The van der Waals surface area contributed by atoms with Gasteiger partial charge in [-0.1, -0.05) is 17.3 Å². The van der Waals surface area contributed by atoms with Crippen LogP contribution in [0.25, 0.3) is 10.9 Å². The van der Waals surface area contributed by atoms with E-state index in [0.29, 0.717) is 29.9 Å². The third kappa shape index (κ3) is 3.01. The average molecular weight is 364 g/mol. The number of amides is 1. The van der Waals surface area contributed by atoms with Crippen molar-refractivity contribution < 1.29 is 4.79 Å². The van der Waals surface area contributed by atoms with Crippen molar-refractivity contribution >= 4 is 16.8 Å². The maximum absolute atomic E-state index is 12.7. The van der Waals surface area contributed by atoms with Gasteiger partial charge in [-0.3, -0.25) is 14.2 Å². The van der Waals surface area contributed by atoms with Crippen LogP contribution in [0.2, 0.25) is 0 Å². The second-order valence-electron chi connectivity index (χ2n) is 7.37. The van der Waals surface area contributed by atoms with E-state index in [1.807, 2.05) is 16.9 Å². The van der Waals surface area contributed by atoms with Gasteiger partial charge in [0, 0.05) is 25.2 Å². The highest BCUT2D eigenvalue weighted by Gasteiger charge is 2.31. The second-order valence-corrected chi connectivity index (χ2v) is 7.37. The maximum Gasteiger partial charge on any atom is 0.261 e. The van der Waals surface area contributed by atoms with Gasteiger partial charge >= 0.3 is 0 Å². The molecule has 8 heteroatoms. The molecule has 27 heavy (non-hydrogen) atoms. The Kier molecular flexibility index (Phi) is 3.77. The molecule has 138 valence electrons. The van der Waals surface area contributed by atoms with Gasteiger partial charge in [0.05, 0.1) is 29.0 Å². The molecule has 1 aliphatic heterocycles. The van der Waals surface area contributed by atoms with Crippen molar-refractivity contribution in [3.8, 4) is 0 Å². The van der Waals surface area contributed by atoms with E-state index in [1.165, 1.54) is 23.7 Å². The molecule has 5 rings (SSSR count). The van der Waals surface area contributed by atoms with E-state index >= 15 is 0 Å². The SMILES string of the molecule is O=C(Cn1cnc2ccccc2c1=O)N1CCC(n2cc(C3CC3)nn2)C1. The quantitative estimate of drug-likeness (QED) is 0.697. The number of likely N-dealkylation sites (tertiary alicyclic amines) is 1. The number of nitrogens with zero attached hydrogens (tertiary/aromatic N) is 6. The van der Waals surface area contributed by atoms with Gasteiger partial charge < -0.3 is 4.90 Å². The molecule has 0 radical (unpaired) electrons. The highest BCUT2D eigenvalue weighted by atomic mass is 16.2. The summed E-state index contributed by atoms with van der Waals surface area (Å²) < 4.78 is 3.28. The van der Waals surface area contributed by atoms with Crippen LogP contribution in [0.5, 0.6) is 0 Å². The van der Waals surface area contributed by atoms with E-state index in [9.17, 15) is 9.59 Å². The summed E-state index contributed by atoms with van der Waals surface area (Å²) in [5, 5.41) is 9.04. The molecule has 8 nitrogen and oxygen atoms in total. The maximum atomic E-state index is 12.7. The smallest absolute Gasteiger partial charge is 0.261 e. The van der Waals surface area contributed by atoms with Crippen LogP contribution in [0, 0.1) is 0 Å². The molecule has 1 aliphatic carbocycles. The fourth-order valence-corrected chi connectivity index (χ4v) is 3.68. The Morgan fingerprint density at radius 3 is 2.89 bits per heavy atom. The predicted octanol–water partition coefficient (Wildman–Crippen LogP) is 1.34. The summed E-state index contributed by atoms with van der Waals surface area (Å²) in [6.07, 6.45) is 6.72. The van der Waals surface area contributed by atoms with Gasteiger partial charge in [-0.15, -0.1) is 5.10 Å². The summed E-state index contributed by atoms with van der Waals surface area (Å²) in [5.74, 6) is 0.504. The van der Waals surface area contributed by atoms with Crippen molar-refractivity contribution in [1.82, 2.24) is 29.4 Å². The molecule has 3 heterocycles. The summed E-state index contributed by atoms with van der Waals surface area (Å²) in [7, 11) is 0. The number of aromatic nitrogens is 5. The molecule has 1 amide bonds. The van der Waals surface area contributed by atoms with Crippen molar-refractivity contribution in [2.24, 2.45) is 0 Å². The number of benzene rings is 1. The van der Waals surface area contributed by atoms with Gasteiger partial charge in [0.1, 0.15) is 6.54 Å². The number of hydrogen-bond acceptors (Lipinski definition) is 5. The van der Waals surface area contributed by atoms with Crippen LogP contribution >= 0.6 is 0 Å². The molecule has 1 saturated heterocycles. The fourth-order valence-electron chi connectivity index (χ4n) is 3.68. The van der Waals surface area contributed by atoms with E-state index in [-0.39, 0.29) is 24.1 Å². The standard InChI is InChI=1S/C19H20N6O2/c26-18(11-24-12-20-16-4-2-1-3-15(16)19(24)27)23-8-7-14(9-23)25-10-17(21-22-25)13-5-6-13/h1-4,10,12-14H,5-9,11H2. The summed E-state index contributed by atoms with van der Waals surface area (Å²) in [4.78, 5) is 31.3. The molecule has 2 aliphatic rings. The Labute approximate surface area is 155 Å². The van der Waals surface area contributed by atoms with E-state index in [4.69, 9.17) is 0 Å². The molecule has 0 bridgehead atoms. The number of carbonyl (C=O) groups excluding carboxylic acids is 1. The van der Waals surface area contributed by atoms with Crippen molar-refractivity contribution in [1.29, 1.82) is 0 Å². The molecule has 2 aromatic heterocycles. The van der Waals surface area contributed by atoms with Crippen LogP contribution in [0.4, 0.5) is 0 Å². The first-order valence-corrected chi connectivity index (χ1v) is 9.33. The number of para-hydroxylation sites is 1. The lowest BCUT2D eigenvalue weighted by molar-refractivity contribution is -0.130. The summed E-state index contributed by atoms with van der Waals surface area (Å²) >= 11 is 0. The Bertz CT molecular complexity index is 1070. The second kappa shape index (κ2) is 6.29. The van der Waals surface area contributed by atoms with E-state index < -0.39 is 0 Å². The molecule has 0 spiro atoms. The molecule has 1 saturated carbocycles. The number of hydrogen-bond donors (Lipinski definition) is 0. The molecule has 1 aromatic carbocycles. The third-order valence-corrected chi connectivity index (χ3v) is 5.45. The van der Waals surface area contributed by atoms with Gasteiger partial charge in [0.15, 0.2) is 0 Å². The number of fused-ring (bicyclic) bond motifs is 1. The van der Waals surface area contributed by atoms with E-state index in [1.54, 1.807) is 23.1 Å². The first-order chi connectivity index (χ1) is 13.2. The lowest BCUT2D eigenvalue weighted by Gasteiger charge is -2.17. The first kappa shape index (κ1) is 16.2. The molecule has 3 aromatic rings. The third-order valence-electron chi connectivity index (χ3n) is 5.45. The molecule has 1 atom stereocenters. The fraction of sp³-hybridized carbons (Fsp3) is 0.421. The Balaban J connectivity index is 1.29. The minimum absolute atomic E-state index is 0.00800. The highest BCUT2D eigenvalue weighted by Crippen LogP contribution is 2.39. The zero-order chi connectivity index (χ0) is 18.4. The van der Waals surface area contributed by atoms with Crippen LogP contribution in [0.1, 0.15) is 36.9 Å². The monoisotopic (exact) mass is 364 g/mol. The molecular formula is C19H20N6O2. The predicted molar refractivity (Wildman–Crippen MR) is 98.2 cm³/mol. The lowest BCUT2D eigenvalue weighted by atomic mass is 10.2. The van der Waals surface area contributed by atoms with Crippen LogP contribution in [0.3, 0.4) is 0 Å². The van der Waals surface area contributed by atoms with Crippen molar-refractivity contribution in [3.05, 3.63) is 52.8 Å². The van der Waals surface area contributed by atoms with Crippen molar-refractivity contribution in [2.45, 2.75) is 37.8 Å². The van der Waals surface area contributed by atoms with E-state index in [2.05, 4.69) is 15.3 Å². The average Bonchev–Trinajstić information content (AvgIpc) is 3.21. The highest BCUT2D eigenvalue weighted by molar-refractivity contribution is 5.79. The Morgan fingerprint density at radius 1 is 1.19 bits per heavy atom. The van der Waals surface area contributed by atoms with Gasteiger partial charge in [0.25, 0.3) is 5.56 Å². The van der Waals surface area contributed by atoms with Crippen LogP contribution in [-0.4, -0.2) is 48.4 Å². The molecule has 0 N–H and O–H groups in total. The van der Waals surface area contributed by atoms with Crippen molar-refractivity contribution in [2.75, 3.05) is 13.1 Å². The summed E-state index contributed by atoms with van der Waals surface area (Å²) in [6, 6.07) is 7.33. The van der Waals surface area contributed by atoms with Crippen LogP contribution < -0.4 is 5.56 Å². The summed E-state index contributed by atoms with van der Waals surface area (Å²) in [6.45, 7) is 1.27. The largest absolute Gasteiger partial charge is 0.339 e. The number of rotatable bonds is 4. The zero-order valence-corrected chi connectivity index (χ0v) is 14.9. The molecule has 2 fully saturated rings. The number of carbonyl (C=O) groups is 1. The minimum atomic E-state index is -0.185. The minimum Gasteiger partial charge on any atom is -0.339 e. The Morgan fingerprint density at radius 2 is 2.04 bits per heavy atom. The van der Waals surface area contributed by atoms with Gasteiger partial charge in [-0.2, -0.15) is 0 Å². The topological polar surface area (TPSA) is 85.9 Å². The van der Waals surface area contributed by atoms with Crippen LogP contribution in [-0.2, 0) is 11.3 Å². The summed E-state index contributed by atoms with van der Waals surface area (Å²) in [5.41, 5.74) is 1.52.